The molecule has 1 aromatic rings. The lowest BCUT2D eigenvalue weighted by molar-refractivity contribution is 0.483. The van der Waals surface area contributed by atoms with E-state index in [9.17, 15) is 12.8 Å². The van der Waals surface area contributed by atoms with Gasteiger partial charge in [0.25, 0.3) is 0 Å². The van der Waals surface area contributed by atoms with Gasteiger partial charge in [0.1, 0.15) is 0 Å². The van der Waals surface area contributed by atoms with E-state index in [1.807, 2.05) is 0 Å². The summed E-state index contributed by atoms with van der Waals surface area (Å²) in [5, 5.41) is 0.401. The van der Waals surface area contributed by atoms with E-state index in [-0.39, 0.29) is 18.7 Å². The molecule has 7 heteroatoms. The lowest BCUT2D eigenvalue weighted by Crippen LogP contribution is -2.26. The summed E-state index contributed by atoms with van der Waals surface area (Å²) < 4.78 is 37.0. The van der Waals surface area contributed by atoms with Crippen LogP contribution >= 0.6 is 11.6 Å². The van der Waals surface area contributed by atoms with Gasteiger partial charge in [0, 0.05) is 17.3 Å². The first-order chi connectivity index (χ1) is 7.94. The highest BCUT2D eigenvalue weighted by atomic mass is 35.5. The molecule has 17 heavy (non-hydrogen) atoms. The number of anilines is 1. The van der Waals surface area contributed by atoms with Crippen LogP contribution in [0.5, 0.6) is 0 Å². The Morgan fingerprint density at radius 1 is 1.41 bits per heavy atom. The second kappa shape index (κ2) is 6.18. The average molecular weight is 281 g/mol. The molecule has 0 bridgehead atoms. The Morgan fingerprint density at radius 2 is 2.12 bits per heavy atom. The van der Waals surface area contributed by atoms with Crippen molar-refractivity contribution in [3.63, 3.8) is 0 Å². The molecule has 0 atom stereocenters. The first-order valence-electron chi connectivity index (χ1n) is 5.02. The zero-order valence-electron chi connectivity index (χ0n) is 9.12. The minimum absolute atomic E-state index is 0.00912. The number of nitrogens with one attached hydrogen (secondary N) is 1. The second-order valence-electron chi connectivity index (χ2n) is 3.53. The summed E-state index contributed by atoms with van der Waals surface area (Å²) in [4.78, 5) is 0. The van der Waals surface area contributed by atoms with Crippen LogP contribution in [0.2, 0.25) is 5.02 Å². The van der Waals surface area contributed by atoms with Gasteiger partial charge in [0.2, 0.25) is 10.0 Å². The number of rotatable bonds is 6. The summed E-state index contributed by atoms with van der Waals surface area (Å²) in [7, 11) is -3.45. The summed E-state index contributed by atoms with van der Waals surface area (Å²) in [6, 6.07) is 4.83. The highest BCUT2D eigenvalue weighted by Gasteiger charge is 2.10. The van der Waals surface area contributed by atoms with Crippen molar-refractivity contribution in [1.82, 2.24) is 4.72 Å². The van der Waals surface area contributed by atoms with E-state index in [0.717, 1.165) is 0 Å². The van der Waals surface area contributed by atoms with Gasteiger partial charge >= 0.3 is 0 Å². The molecule has 0 radical (unpaired) electrons. The smallest absolute Gasteiger partial charge is 0.211 e. The topological polar surface area (TPSA) is 72.2 Å². The zero-order chi connectivity index (χ0) is 12.9. The Morgan fingerprint density at radius 3 is 2.71 bits per heavy atom. The summed E-state index contributed by atoms with van der Waals surface area (Å²) in [6.07, 6.45) is -0.00912. The predicted octanol–water partition coefficient (Wildman–Crippen LogP) is 1.70. The Hall–Kier alpha value is -0.850. The third kappa shape index (κ3) is 4.89. The van der Waals surface area contributed by atoms with Gasteiger partial charge in [-0.25, -0.2) is 13.1 Å². The van der Waals surface area contributed by atoms with Crippen molar-refractivity contribution in [2.45, 2.75) is 13.0 Å². The van der Waals surface area contributed by atoms with Crippen molar-refractivity contribution in [2.75, 3.05) is 18.2 Å². The molecule has 0 aliphatic heterocycles. The molecule has 0 aliphatic carbocycles. The molecule has 0 saturated carbocycles. The maximum atomic E-state index is 11.9. The highest BCUT2D eigenvalue weighted by molar-refractivity contribution is 7.89. The van der Waals surface area contributed by atoms with Crippen LogP contribution in [0.3, 0.4) is 0 Å². The first kappa shape index (κ1) is 14.2. The Bertz CT molecular complexity index is 479. The largest absolute Gasteiger partial charge is 0.399 e. The van der Waals surface area contributed by atoms with E-state index in [2.05, 4.69) is 4.72 Å². The molecule has 0 heterocycles. The zero-order valence-corrected chi connectivity index (χ0v) is 10.7. The predicted molar refractivity (Wildman–Crippen MR) is 67.1 cm³/mol. The monoisotopic (exact) mass is 280 g/mol. The molecule has 0 unspecified atom stereocenters. The van der Waals surface area contributed by atoms with E-state index < -0.39 is 16.7 Å². The lowest BCUT2D eigenvalue weighted by Gasteiger charge is -2.07. The van der Waals surface area contributed by atoms with Gasteiger partial charge in [0.05, 0.1) is 12.4 Å². The van der Waals surface area contributed by atoms with Crippen molar-refractivity contribution in [3.8, 4) is 0 Å². The van der Waals surface area contributed by atoms with Gasteiger partial charge in [-0.2, -0.15) is 0 Å². The van der Waals surface area contributed by atoms with Gasteiger partial charge in [-0.15, -0.1) is 0 Å². The van der Waals surface area contributed by atoms with E-state index in [1.165, 1.54) is 0 Å². The fraction of sp³-hybridized carbons (Fsp3) is 0.400. The lowest BCUT2D eigenvalue weighted by atomic mass is 10.2. The van der Waals surface area contributed by atoms with Gasteiger partial charge in [-0.3, -0.25) is 4.39 Å². The minimum atomic E-state index is -3.45. The van der Waals surface area contributed by atoms with Gasteiger partial charge < -0.3 is 5.73 Å². The molecule has 0 amide bonds. The molecule has 4 nitrogen and oxygen atoms in total. The van der Waals surface area contributed by atoms with Crippen molar-refractivity contribution < 1.29 is 12.8 Å². The van der Waals surface area contributed by atoms with Crippen LogP contribution in [-0.2, 0) is 16.6 Å². The van der Waals surface area contributed by atoms with Crippen molar-refractivity contribution >= 4 is 27.3 Å². The quantitative estimate of drug-likeness (QED) is 0.779. The van der Waals surface area contributed by atoms with E-state index in [0.29, 0.717) is 16.3 Å². The van der Waals surface area contributed by atoms with Crippen LogP contribution in [0.4, 0.5) is 10.1 Å². The van der Waals surface area contributed by atoms with Gasteiger partial charge in [-0.05, 0) is 24.1 Å². The maximum absolute atomic E-state index is 11.9. The number of nitrogen functional groups attached to an aromatic ring is 1. The Kier molecular flexibility index (Phi) is 5.17. The fourth-order valence-corrected chi connectivity index (χ4v) is 2.48. The molecule has 96 valence electrons. The third-order valence-corrected chi connectivity index (χ3v) is 3.87. The molecule has 1 rings (SSSR count). The molecule has 3 N–H and O–H groups in total. The SMILES string of the molecule is Nc1ccc(CNS(=O)(=O)CCCF)c(Cl)c1. The molecule has 0 saturated heterocycles. The Labute approximate surface area is 105 Å². The van der Waals surface area contributed by atoms with Crippen LogP contribution in [0, 0.1) is 0 Å². The standard InChI is InChI=1S/C10H14ClFN2O2S/c11-10-6-9(13)3-2-8(10)7-14-17(15,16)5-1-4-12/h2-3,6,14H,1,4-5,7,13H2. The molecule has 1 aromatic carbocycles. The molecule has 0 spiro atoms. The number of sulfonamides is 1. The first-order valence-corrected chi connectivity index (χ1v) is 7.05. The summed E-state index contributed by atoms with van der Waals surface area (Å²) in [5.74, 6) is -0.226. The van der Waals surface area contributed by atoms with Crippen LogP contribution in [0.1, 0.15) is 12.0 Å². The van der Waals surface area contributed by atoms with Crippen molar-refractivity contribution in [3.05, 3.63) is 28.8 Å². The third-order valence-electron chi connectivity index (χ3n) is 2.11. The van der Waals surface area contributed by atoms with E-state index >= 15 is 0 Å². The van der Waals surface area contributed by atoms with Gasteiger partial charge in [-0.1, -0.05) is 17.7 Å². The number of alkyl halides is 1. The fourth-order valence-electron chi connectivity index (χ4n) is 1.21. The van der Waals surface area contributed by atoms with Crippen molar-refractivity contribution in [1.29, 1.82) is 0 Å². The molecule has 0 aliphatic rings. The summed E-state index contributed by atoms with van der Waals surface area (Å²) >= 11 is 5.89. The van der Waals surface area contributed by atoms with Crippen LogP contribution in [0.25, 0.3) is 0 Å². The average Bonchev–Trinajstić information content (AvgIpc) is 2.25. The van der Waals surface area contributed by atoms with E-state index in [4.69, 9.17) is 17.3 Å². The number of benzene rings is 1. The highest BCUT2D eigenvalue weighted by Crippen LogP contribution is 2.19. The van der Waals surface area contributed by atoms with Crippen LogP contribution in [-0.4, -0.2) is 20.8 Å². The normalized spacial score (nSPS) is 11.6. The number of hydrogen-bond donors (Lipinski definition) is 2. The molecule has 0 aromatic heterocycles. The van der Waals surface area contributed by atoms with Crippen molar-refractivity contribution in [2.24, 2.45) is 0 Å². The number of nitrogens with two attached hydrogens (primary N) is 1. The molecular weight excluding hydrogens is 267 g/mol. The second-order valence-corrected chi connectivity index (χ2v) is 5.87. The Balaban J connectivity index is 2.61. The van der Waals surface area contributed by atoms with Crippen LogP contribution in [0.15, 0.2) is 18.2 Å². The molecular formula is C10H14ClFN2O2S. The number of halogens is 2. The minimum Gasteiger partial charge on any atom is -0.399 e. The summed E-state index contributed by atoms with van der Waals surface area (Å²) in [5.41, 5.74) is 6.65. The maximum Gasteiger partial charge on any atom is 0.211 e. The van der Waals surface area contributed by atoms with E-state index in [1.54, 1.807) is 18.2 Å². The number of hydrogen-bond acceptors (Lipinski definition) is 3. The van der Waals surface area contributed by atoms with Crippen LogP contribution < -0.4 is 10.5 Å². The molecule has 0 fully saturated rings. The van der Waals surface area contributed by atoms with Gasteiger partial charge in [0.15, 0.2) is 0 Å². The summed E-state index contributed by atoms with van der Waals surface area (Å²) in [6.45, 7) is -0.572.